The van der Waals surface area contributed by atoms with Gasteiger partial charge in [-0.05, 0) is 48.2 Å². The van der Waals surface area contributed by atoms with Gasteiger partial charge in [0, 0.05) is 33.8 Å². The summed E-state index contributed by atoms with van der Waals surface area (Å²) in [4.78, 5) is 37.3. The second kappa shape index (κ2) is 14.6. The third-order valence-electron chi connectivity index (χ3n) is 5.91. The highest BCUT2D eigenvalue weighted by atomic mass is 35.5. The molecule has 38 heavy (non-hydrogen) atoms. The molecule has 10 heteroatoms. The summed E-state index contributed by atoms with van der Waals surface area (Å²) in [6.07, 6.45) is 7.79. The van der Waals surface area contributed by atoms with Crippen LogP contribution in [-0.2, 0) is 16.1 Å². The summed E-state index contributed by atoms with van der Waals surface area (Å²) in [5.41, 5.74) is 1.69. The number of halogens is 2. The fraction of sp³-hybridized carbons (Fsp3) is 0.429. The largest absolute Gasteiger partial charge is 0.452 e. The molecule has 0 N–H and O–H groups in total. The van der Waals surface area contributed by atoms with Gasteiger partial charge in [-0.3, -0.25) is 14.3 Å². The third-order valence-corrected chi connectivity index (χ3v) is 7.45. The highest BCUT2D eigenvalue weighted by Gasteiger charge is 2.32. The van der Waals surface area contributed by atoms with E-state index in [-0.39, 0.29) is 24.2 Å². The molecule has 0 aliphatic carbocycles. The number of pyridine rings is 1. The van der Waals surface area contributed by atoms with Gasteiger partial charge in [0.1, 0.15) is 5.03 Å². The van der Waals surface area contributed by atoms with E-state index in [0.717, 1.165) is 51.8 Å². The molecule has 0 saturated carbocycles. The Bertz CT molecular complexity index is 1210. The lowest BCUT2D eigenvalue weighted by Gasteiger charge is -2.21. The van der Waals surface area contributed by atoms with Gasteiger partial charge in [-0.1, -0.05) is 81.4 Å². The van der Waals surface area contributed by atoms with Crippen LogP contribution in [0.4, 0.5) is 10.7 Å². The number of hydrogen-bond acceptors (Lipinski definition) is 6. The van der Waals surface area contributed by atoms with Crippen LogP contribution in [0.25, 0.3) is 0 Å². The molecule has 3 rings (SSSR count). The quantitative estimate of drug-likeness (QED) is 0.201. The number of rotatable bonds is 12. The van der Waals surface area contributed by atoms with Gasteiger partial charge < -0.3 is 4.74 Å². The van der Waals surface area contributed by atoms with Crippen molar-refractivity contribution in [3.8, 4) is 0 Å². The number of carbonyl (C=O) groups excluding carboxylic acids is 2. The summed E-state index contributed by atoms with van der Waals surface area (Å²) in [6, 6.07) is 9.11. The van der Waals surface area contributed by atoms with Crippen molar-refractivity contribution in [3.05, 3.63) is 64.0 Å². The van der Waals surface area contributed by atoms with E-state index in [1.807, 2.05) is 42.7 Å². The second-order valence-corrected chi connectivity index (χ2v) is 11.2. The van der Waals surface area contributed by atoms with Gasteiger partial charge in [-0.2, -0.15) is 4.90 Å². The van der Waals surface area contributed by atoms with Crippen molar-refractivity contribution in [2.45, 2.75) is 81.7 Å². The number of amides is 2. The Hall–Kier alpha value is -2.55. The number of methoxy groups -OCH3 is 1. The predicted octanol–water partition coefficient (Wildman–Crippen LogP) is 8.37. The molecule has 0 atom stereocenters. The first-order chi connectivity index (χ1) is 18.2. The smallest absolute Gasteiger partial charge is 0.423 e. The van der Waals surface area contributed by atoms with Crippen molar-refractivity contribution in [1.82, 2.24) is 14.5 Å². The van der Waals surface area contributed by atoms with Crippen molar-refractivity contribution in [3.63, 3.8) is 0 Å². The van der Waals surface area contributed by atoms with E-state index in [1.165, 1.54) is 18.9 Å². The van der Waals surface area contributed by atoms with E-state index in [1.54, 1.807) is 18.5 Å². The number of anilines is 1. The zero-order chi connectivity index (χ0) is 27.7. The normalized spacial score (nSPS) is 11.1. The molecule has 0 bridgehead atoms. The Morgan fingerprint density at radius 2 is 1.71 bits per heavy atom. The highest BCUT2D eigenvalue weighted by molar-refractivity contribution is 7.99. The Labute approximate surface area is 238 Å². The number of nitrogens with zero attached hydrogens (tertiary/aromatic N) is 4. The second-order valence-electron chi connectivity index (χ2n) is 9.27. The average molecular weight is 578 g/mol. The van der Waals surface area contributed by atoms with E-state index >= 15 is 0 Å². The Morgan fingerprint density at radius 1 is 1.05 bits per heavy atom. The number of carbonyl (C=O) groups is 2. The van der Waals surface area contributed by atoms with E-state index in [4.69, 9.17) is 32.9 Å². The predicted molar refractivity (Wildman–Crippen MR) is 154 cm³/mol. The first-order valence-corrected chi connectivity index (χ1v) is 14.4. The van der Waals surface area contributed by atoms with Crippen LogP contribution in [0.5, 0.6) is 0 Å². The monoisotopic (exact) mass is 576 g/mol. The molecule has 7 nitrogen and oxygen atoms in total. The molecule has 1 aromatic carbocycles. The number of unbranched alkanes of at least 4 members (excludes halogenated alkanes) is 4. The molecule has 0 spiro atoms. The van der Waals surface area contributed by atoms with Crippen LogP contribution in [0.15, 0.2) is 52.6 Å². The van der Waals surface area contributed by atoms with Crippen LogP contribution >= 0.6 is 35.0 Å². The molecule has 204 valence electrons. The third kappa shape index (κ3) is 7.98. The van der Waals surface area contributed by atoms with Gasteiger partial charge >= 0.3 is 6.09 Å². The van der Waals surface area contributed by atoms with Crippen LogP contribution < -0.4 is 4.90 Å². The van der Waals surface area contributed by atoms with Crippen molar-refractivity contribution in [2.75, 3.05) is 12.0 Å². The molecular formula is C28H34Cl2N4O3S. The fourth-order valence-corrected chi connectivity index (χ4v) is 5.88. The van der Waals surface area contributed by atoms with Crippen LogP contribution in [0.1, 0.15) is 76.5 Å². The highest BCUT2D eigenvalue weighted by Crippen LogP contribution is 2.39. The number of ether oxygens (including phenoxy) is 1. The number of hydrogen-bond donors (Lipinski definition) is 0. The minimum absolute atomic E-state index is 0.00763. The number of imidazole rings is 1. The maximum absolute atomic E-state index is 13.4. The molecule has 0 aliphatic heterocycles. The van der Waals surface area contributed by atoms with Crippen LogP contribution in [0.2, 0.25) is 10.0 Å². The van der Waals surface area contributed by atoms with E-state index < -0.39 is 6.09 Å². The molecule has 0 unspecified atom stereocenters. The van der Waals surface area contributed by atoms with E-state index in [9.17, 15) is 9.59 Å². The molecule has 2 amide bonds. The minimum atomic E-state index is -0.762. The van der Waals surface area contributed by atoms with Gasteiger partial charge in [0.2, 0.25) is 11.9 Å². The molecular weight excluding hydrogens is 543 g/mol. The van der Waals surface area contributed by atoms with Gasteiger partial charge in [0.15, 0.2) is 0 Å². The summed E-state index contributed by atoms with van der Waals surface area (Å²) in [7, 11) is 1.27. The Balaban J connectivity index is 2.11. The minimum Gasteiger partial charge on any atom is -0.452 e. The number of aromatic nitrogens is 3. The summed E-state index contributed by atoms with van der Waals surface area (Å²) >= 11 is 14.0. The topological polar surface area (TPSA) is 77.3 Å². The van der Waals surface area contributed by atoms with Crippen molar-refractivity contribution >= 4 is 52.9 Å². The molecule has 0 radical (unpaired) electrons. The van der Waals surface area contributed by atoms with Crippen molar-refractivity contribution < 1.29 is 14.3 Å². The molecule has 0 saturated heterocycles. The number of benzene rings is 1. The van der Waals surface area contributed by atoms with Gasteiger partial charge in [-0.25, -0.2) is 9.78 Å². The van der Waals surface area contributed by atoms with E-state index in [0.29, 0.717) is 23.0 Å². The van der Waals surface area contributed by atoms with Crippen LogP contribution in [0, 0.1) is 0 Å². The SMILES string of the molecule is CCCCCCCC(=O)N(C(=O)OC)c1nc(C(C)C)c(Sc2cc(Cl)cc(Cl)c2)n1Cc1ccncc1. The maximum atomic E-state index is 13.4. The summed E-state index contributed by atoms with van der Waals surface area (Å²) in [5, 5.41) is 1.82. The Morgan fingerprint density at radius 3 is 2.32 bits per heavy atom. The lowest BCUT2D eigenvalue weighted by molar-refractivity contribution is -0.118. The van der Waals surface area contributed by atoms with Crippen molar-refractivity contribution in [1.29, 1.82) is 0 Å². The maximum Gasteiger partial charge on any atom is 0.423 e. The zero-order valence-electron chi connectivity index (χ0n) is 22.2. The molecule has 2 aromatic heterocycles. The van der Waals surface area contributed by atoms with Gasteiger partial charge in [0.05, 0.1) is 19.3 Å². The fourth-order valence-electron chi connectivity index (χ4n) is 3.99. The first-order valence-electron chi connectivity index (χ1n) is 12.8. The van der Waals surface area contributed by atoms with Gasteiger partial charge in [0.25, 0.3) is 0 Å². The van der Waals surface area contributed by atoms with Crippen molar-refractivity contribution in [2.24, 2.45) is 0 Å². The summed E-state index contributed by atoms with van der Waals surface area (Å²) in [6.45, 7) is 6.56. The summed E-state index contributed by atoms with van der Waals surface area (Å²) in [5.74, 6) is -0.105. The molecule has 2 heterocycles. The van der Waals surface area contributed by atoms with Gasteiger partial charge in [-0.15, -0.1) is 0 Å². The number of imide groups is 1. The Kier molecular flexibility index (Phi) is 11.5. The molecule has 0 aliphatic rings. The molecule has 0 fully saturated rings. The van der Waals surface area contributed by atoms with E-state index in [2.05, 4.69) is 11.9 Å². The zero-order valence-corrected chi connectivity index (χ0v) is 24.6. The average Bonchev–Trinajstić information content (AvgIpc) is 3.21. The first kappa shape index (κ1) is 30.0. The summed E-state index contributed by atoms with van der Waals surface area (Å²) < 4.78 is 6.94. The van der Waals surface area contributed by atoms with Crippen LogP contribution in [0.3, 0.4) is 0 Å². The lowest BCUT2D eigenvalue weighted by Crippen LogP contribution is -2.39. The standard InChI is InChI=1S/C28H34Cl2N4O3S/c1-5-6-7-8-9-10-24(35)34(28(36)37-4)27-32-25(19(2)3)26(33(27)18-20-11-13-31-14-12-20)38-23-16-21(29)15-22(30)17-23/h11-17,19H,5-10,18H2,1-4H3. The van der Waals surface area contributed by atoms with Crippen LogP contribution in [-0.4, -0.2) is 33.6 Å². The lowest BCUT2D eigenvalue weighted by atomic mass is 10.1. The molecule has 3 aromatic rings.